The van der Waals surface area contributed by atoms with E-state index >= 15 is 0 Å². The molecule has 1 aliphatic heterocycles. The smallest absolute Gasteiger partial charge is 0.257 e. The van der Waals surface area contributed by atoms with Crippen molar-refractivity contribution >= 4 is 23.4 Å². The molecule has 0 fully saturated rings. The van der Waals surface area contributed by atoms with Crippen LogP contribution in [0.3, 0.4) is 0 Å². The van der Waals surface area contributed by atoms with E-state index in [0.29, 0.717) is 35.1 Å². The highest BCUT2D eigenvalue weighted by molar-refractivity contribution is 7.99. The van der Waals surface area contributed by atoms with Crippen molar-refractivity contribution in [2.75, 3.05) is 17.7 Å². The number of ether oxygens (including phenoxy) is 1. The van der Waals surface area contributed by atoms with Crippen molar-refractivity contribution in [3.8, 4) is 5.75 Å². The molecule has 2 N–H and O–H groups in total. The number of nitrogens with one attached hydrogen (secondary N) is 2. The van der Waals surface area contributed by atoms with Crippen molar-refractivity contribution in [1.82, 2.24) is 9.97 Å². The molecule has 0 saturated heterocycles. The highest BCUT2D eigenvalue weighted by atomic mass is 32.2. The van der Waals surface area contributed by atoms with Gasteiger partial charge < -0.3 is 15.0 Å². The molecule has 2 aromatic rings. The Labute approximate surface area is 206 Å². The lowest BCUT2D eigenvalue weighted by molar-refractivity contribution is -0.118. The van der Waals surface area contributed by atoms with Crippen LogP contribution in [0.25, 0.3) is 0 Å². The van der Waals surface area contributed by atoms with Crippen LogP contribution in [0.2, 0.25) is 0 Å². The van der Waals surface area contributed by atoms with Crippen molar-refractivity contribution in [2.45, 2.75) is 77.3 Å². The third kappa shape index (κ3) is 5.24. The number of ketones is 1. The van der Waals surface area contributed by atoms with Gasteiger partial charge in [0, 0.05) is 29.4 Å². The number of nitrogens with zero attached hydrogens (tertiary/aromatic N) is 1. The van der Waals surface area contributed by atoms with E-state index in [2.05, 4.69) is 38.0 Å². The van der Waals surface area contributed by atoms with Gasteiger partial charge in [0.25, 0.3) is 5.56 Å². The van der Waals surface area contributed by atoms with Gasteiger partial charge in [0.2, 0.25) is 0 Å². The molecule has 0 bridgehead atoms. The molecule has 0 saturated carbocycles. The predicted molar refractivity (Wildman–Crippen MR) is 138 cm³/mol. The molecule has 1 aromatic carbocycles. The largest absolute Gasteiger partial charge is 0.494 e. The van der Waals surface area contributed by atoms with E-state index in [1.165, 1.54) is 0 Å². The number of fused-ring (bicyclic) bond motifs is 1. The maximum atomic E-state index is 13.4. The summed E-state index contributed by atoms with van der Waals surface area (Å²) in [4.78, 5) is 34.5. The second kappa shape index (κ2) is 10.4. The first-order valence-electron chi connectivity index (χ1n) is 12.4. The van der Waals surface area contributed by atoms with Gasteiger partial charge in [-0.05, 0) is 42.4 Å². The van der Waals surface area contributed by atoms with E-state index in [1.54, 1.807) is 11.8 Å². The quantitative estimate of drug-likeness (QED) is 0.258. The number of allylic oxidation sites excluding steroid dienone is 2. The number of anilines is 1. The maximum Gasteiger partial charge on any atom is 0.257 e. The Balaban J connectivity index is 1.76. The molecule has 1 aromatic heterocycles. The number of aromatic amines is 1. The Bertz CT molecular complexity index is 1130. The first-order chi connectivity index (χ1) is 16.3. The van der Waals surface area contributed by atoms with Crippen molar-refractivity contribution < 1.29 is 9.53 Å². The van der Waals surface area contributed by atoms with Crippen molar-refractivity contribution in [1.29, 1.82) is 0 Å². The number of Topliss-reactive ketones (excluding diaryl/α,β-unsaturated/α-hetero) is 1. The van der Waals surface area contributed by atoms with Crippen LogP contribution in [0, 0.1) is 5.41 Å². The Hall–Kier alpha value is -2.54. The van der Waals surface area contributed by atoms with Gasteiger partial charge in [0.1, 0.15) is 11.6 Å². The second-order valence-corrected chi connectivity index (χ2v) is 11.1. The molecule has 6 nitrogen and oxygen atoms in total. The summed E-state index contributed by atoms with van der Waals surface area (Å²) in [7, 11) is 0. The van der Waals surface area contributed by atoms with Crippen LogP contribution in [0.5, 0.6) is 5.75 Å². The fourth-order valence-corrected chi connectivity index (χ4v) is 5.65. The molecule has 4 rings (SSSR count). The van der Waals surface area contributed by atoms with E-state index in [1.807, 2.05) is 24.3 Å². The summed E-state index contributed by atoms with van der Waals surface area (Å²) in [6.07, 6.45) is 5.55. The van der Waals surface area contributed by atoms with Gasteiger partial charge in [-0.15, -0.1) is 0 Å². The molecule has 0 amide bonds. The number of carbonyl (C=O) groups excluding carboxylic acids is 1. The van der Waals surface area contributed by atoms with Crippen molar-refractivity contribution in [3.63, 3.8) is 0 Å². The minimum absolute atomic E-state index is 0.0955. The average Bonchev–Trinajstić information content (AvgIpc) is 2.78. The summed E-state index contributed by atoms with van der Waals surface area (Å²) in [6, 6.07) is 7.78. The van der Waals surface area contributed by atoms with E-state index in [-0.39, 0.29) is 16.8 Å². The van der Waals surface area contributed by atoms with Crippen LogP contribution < -0.4 is 15.6 Å². The van der Waals surface area contributed by atoms with Gasteiger partial charge in [0.05, 0.1) is 12.2 Å². The Morgan fingerprint density at radius 3 is 2.56 bits per heavy atom. The molecule has 1 aliphatic carbocycles. The minimum Gasteiger partial charge on any atom is -0.494 e. The third-order valence-electron chi connectivity index (χ3n) is 6.37. The minimum atomic E-state index is -0.439. The molecular formula is C27H35N3O3S. The zero-order chi connectivity index (χ0) is 24.3. The first kappa shape index (κ1) is 24.6. The highest BCUT2D eigenvalue weighted by Crippen LogP contribution is 2.47. The van der Waals surface area contributed by atoms with Crippen LogP contribution in [-0.2, 0) is 4.79 Å². The SMILES string of the molecule is CCCCCSc1nc2c(c(=O)[nH]1)C(c1ccc(OCCC)cc1)C1=C(CC(C)(C)CC1=O)N2. The normalized spacial score (nSPS) is 18.8. The number of benzene rings is 1. The fraction of sp³-hybridized carbons (Fsp3) is 0.519. The molecule has 34 heavy (non-hydrogen) atoms. The predicted octanol–water partition coefficient (Wildman–Crippen LogP) is 6.04. The number of hydrogen-bond donors (Lipinski definition) is 2. The van der Waals surface area contributed by atoms with Gasteiger partial charge in [-0.2, -0.15) is 0 Å². The molecular weight excluding hydrogens is 446 g/mol. The van der Waals surface area contributed by atoms with E-state index in [0.717, 1.165) is 54.9 Å². The molecule has 0 spiro atoms. The molecule has 1 atom stereocenters. The topological polar surface area (TPSA) is 84.1 Å². The van der Waals surface area contributed by atoms with Crippen LogP contribution >= 0.6 is 11.8 Å². The number of carbonyl (C=O) groups is 1. The van der Waals surface area contributed by atoms with Crippen molar-refractivity contribution in [2.24, 2.45) is 5.41 Å². The summed E-state index contributed by atoms with van der Waals surface area (Å²) < 4.78 is 5.74. The maximum absolute atomic E-state index is 13.4. The highest BCUT2D eigenvalue weighted by Gasteiger charge is 2.42. The fourth-order valence-electron chi connectivity index (χ4n) is 4.79. The summed E-state index contributed by atoms with van der Waals surface area (Å²) in [5.74, 6) is 1.93. The van der Waals surface area contributed by atoms with Crippen LogP contribution in [0.15, 0.2) is 45.5 Å². The number of aromatic nitrogens is 2. The lowest BCUT2D eigenvalue weighted by atomic mass is 9.69. The van der Waals surface area contributed by atoms with E-state index in [9.17, 15) is 9.59 Å². The molecule has 7 heteroatoms. The van der Waals surface area contributed by atoms with Gasteiger partial charge in [-0.3, -0.25) is 9.59 Å². The number of rotatable bonds is 9. The standard InChI is InChI=1S/C27H35N3O3S/c1-5-7-8-14-34-26-29-24-23(25(32)30-26)21(17-9-11-18(12-10-17)33-13-6-2)22-19(28-24)15-27(3,4)16-20(22)31/h9-12,21H,5-8,13-16H2,1-4H3,(H2,28,29,30,32). The van der Waals surface area contributed by atoms with Crippen LogP contribution in [0.4, 0.5) is 5.82 Å². The lowest BCUT2D eigenvalue weighted by Gasteiger charge is -2.38. The van der Waals surface area contributed by atoms with Crippen LogP contribution in [0.1, 0.15) is 83.3 Å². The zero-order valence-electron chi connectivity index (χ0n) is 20.6. The lowest BCUT2D eigenvalue weighted by Crippen LogP contribution is -2.37. The number of thioether (sulfide) groups is 1. The van der Waals surface area contributed by atoms with Crippen LogP contribution in [-0.4, -0.2) is 28.1 Å². The molecule has 1 unspecified atom stereocenters. The number of hydrogen-bond acceptors (Lipinski definition) is 6. The third-order valence-corrected chi connectivity index (χ3v) is 7.33. The van der Waals surface area contributed by atoms with Gasteiger partial charge >= 0.3 is 0 Å². The molecule has 182 valence electrons. The first-order valence-corrected chi connectivity index (χ1v) is 13.3. The van der Waals surface area contributed by atoms with Gasteiger partial charge in [0.15, 0.2) is 10.9 Å². The van der Waals surface area contributed by atoms with Crippen molar-refractivity contribution in [3.05, 3.63) is 57.0 Å². The summed E-state index contributed by atoms with van der Waals surface area (Å²) in [5.41, 5.74) is 2.70. The van der Waals surface area contributed by atoms with E-state index < -0.39 is 5.92 Å². The van der Waals surface area contributed by atoms with Gasteiger partial charge in [-0.25, -0.2) is 4.98 Å². The zero-order valence-corrected chi connectivity index (χ0v) is 21.4. The molecule has 0 radical (unpaired) electrons. The summed E-state index contributed by atoms with van der Waals surface area (Å²) in [6.45, 7) is 9.12. The Morgan fingerprint density at radius 1 is 1.09 bits per heavy atom. The number of H-pyrrole nitrogens is 1. The molecule has 2 aliphatic rings. The summed E-state index contributed by atoms with van der Waals surface area (Å²) in [5, 5.41) is 4.02. The Kier molecular flexibility index (Phi) is 7.51. The average molecular weight is 482 g/mol. The molecule has 2 heterocycles. The van der Waals surface area contributed by atoms with Gasteiger partial charge in [-0.1, -0.05) is 64.4 Å². The Morgan fingerprint density at radius 2 is 1.85 bits per heavy atom. The number of unbranched alkanes of at least 4 members (excludes halogenated alkanes) is 2. The summed E-state index contributed by atoms with van der Waals surface area (Å²) >= 11 is 1.58. The van der Waals surface area contributed by atoms with E-state index in [4.69, 9.17) is 9.72 Å². The monoisotopic (exact) mass is 481 g/mol. The second-order valence-electron chi connectivity index (χ2n) is 10.00.